The van der Waals surface area contributed by atoms with Gasteiger partial charge in [0.25, 0.3) is 0 Å². The van der Waals surface area contributed by atoms with Crippen molar-refractivity contribution in [2.24, 2.45) is 5.92 Å². The molecule has 1 aliphatic carbocycles. The number of rotatable bonds is 3. The van der Waals surface area contributed by atoms with Crippen molar-refractivity contribution >= 4 is 17.6 Å². The Labute approximate surface area is 91.7 Å². The smallest absolute Gasteiger partial charge is 0.00136 e. The summed E-state index contributed by atoms with van der Waals surface area (Å²) in [6, 6.07) is 0. The Morgan fingerprint density at radius 2 is 2.36 bits per heavy atom. The first kappa shape index (κ1) is 11.1. The molecule has 0 amide bonds. The van der Waals surface area contributed by atoms with E-state index in [1.54, 1.807) is 5.37 Å². The molecular formula is C13H16S. The van der Waals surface area contributed by atoms with Crippen LogP contribution < -0.4 is 0 Å². The minimum absolute atomic E-state index is 0.587. The van der Waals surface area contributed by atoms with Gasteiger partial charge in [-0.3, -0.25) is 0 Å². The molecule has 74 valence electrons. The van der Waals surface area contributed by atoms with Crippen LogP contribution in [0, 0.1) is 5.92 Å². The average molecular weight is 204 g/mol. The summed E-state index contributed by atoms with van der Waals surface area (Å²) in [6.07, 6.45) is 9.55. The van der Waals surface area contributed by atoms with Crippen molar-refractivity contribution in [3.8, 4) is 0 Å². The van der Waals surface area contributed by atoms with Crippen molar-refractivity contribution < 1.29 is 0 Å². The Kier molecular flexibility index (Phi) is 4.02. The van der Waals surface area contributed by atoms with E-state index >= 15 is 0 Å². The van der Waals surface area contributed by atoms with Gasteiger partial charge in [-0.15, -0.1) is 0 Å². The molecule has 0 nitrogen and oxygen atoms in total. The second-order valence-electron chi connectivity index (χ2n) is 3.72. The molecule has 0 aromatic rings. The maximum absolute atomic E-state index is 4.77. The lowest BCUT2D eigenvalue weighted by molar-refractivity contribution is 0.700. The van der Waals surface area contributed by atoms with Crippen LogP contribution in [0.25, 0.3) is 0 Å². The molecule has 0 saturated carbocycles. The molecule has 0 spiro atoms. The Bertz CT molecular complexity index is 329. The second-order valence-corrected chi connectivity index (χ2v) is 3.99. The summed E-state index contributed by atoms with van der Waals surface area (Å²) in [5, 5.41) is 1.65. The molecule has 0 bridgehead atoms. The third kappa shape index (κ3) is 2.78. The van der Waals surface area contributed by atoms with Crippen LogP contribution in [0.1, 0.15) is 20.3 Å². The molecule has 1 unspecified atom stereocenters. The zero-order valence-electron chi connectivity index (χ0n) is 8.79. The summed E-state index contributed by atoms with van der Waals surface area (Å²) < 4.78 is 0. The SMILES string of the molecule is C=C(C)C1=CCC(C)C(/C=C/C=S)=C1. The molecule has 0 fully saturated rings. The molecule has 0 aromatic carbocycles. The lowest BCUT2D eigenvalue weighted by atomic mass is 9.88. The molecule has 0 N–H and O–H groups in total. The number of hydrogen-bond donors (Lipinski definition) is 0. The normalized spacial score (nSPS) is 21.7. The number of hydrogen-bond acceptors (Lipinski definition) is 1. The third-order valence-corrected chi connectivity index (χ3v) is 2.60. The van der Waals surface area contributed by atoms with Gasteiger partial charge in [0.2, 0.25) is 0 Å². The minimum atomic E-state index is 0.587. The van der Waals surface area contributed by atoms with Gasteiger partial charge in [0.1, 0.15) is 0 Å². The van der Waals surface area contributed by atoms with E-state index in [1.807, 2.05) is 13.0 Å². The minimum Gasteiger partial charge on any atom is -0.0955 e. The van der Waals surface area contributed by atoms with E-state index < -0.39 is 0 Å². The predicted octanol–water partition coefficient (Wildman–Crippen LogP) is 4.01. The third-order valence-electron chi connectivity index (χ3n) is 2.44. The van der Waals surface area contributed by atoms with Gasteiger partial charge >= 0.3 is 0 Å². The lowest BCUT2D eigenvalue weighted by Gasteiger charge is -2.17. The van der Waals surface area contributed by atoms with Gasteiger partial charge in [-0.05, 0) is 30.4 Å². The van der Waals surface area contributed by atoms with Gasteiger partial charge in [-0.2, -0.15) is 0 Å². The van der Waals surface area contributed by atoms with Crippen molar-refractivity contribution in [1.82, 2.24) is 0 Å². The molecule has 1 atom stereocenters. The van der Waals surface area contributed by atoms with Crippen LogP contribution in [-0.4, -0.2) is 5.37 Å². The lowest BCUT2D eigenvalue weighted by Crippen LogP contribution is -2.02. The summed E-state index contributed by atoms with van der Waals surface area (Å²) in [7, 11) is 0. The highest BCUT2D eigenvalue weighted by molar-refractivity contribution is 7.79. The van der Waals surface area contributed by atoms with E-state index in [9.17, 15) is 0 Å². The zero-order chi connectivity index (χ0) is 10.6. The second kappa shape index (κ2) is 5.06. The fourth-order valence-electron chi connectivity index (χ4n) is 1.48. The Morgan fingerprint density at radius 1 is 1.64 bits per heavy atom. The number of thiocarbonyl (C=S) groups is 1. The van der Waals surface area contributed by atoms with E-state index in [-0.39, 0.29) is 0 Å². The van der Waals surface area contributed by atoms with E-state index in [0.29, 0.717) is 5.92 Å². The maximum Gasteiger partial charge on any atom is 0.00136 e. The molecule has 0 saturated heterocycles. The van der Waals surface area contributed by atoms with Crippen molar-refractivity contribution in [3.05, 3.63) is 47.6 Å². The fraction of sp³-hybridized carbons (Fsp3) is 0.308. The molecule has 0 aliphatic heterocycles. The zero-order valence-corrected chi connectivity index (χ0v) is 9.60. The summed E-state index contributed by atoms with van der Waals surface area (Å²) in [6.45, 7) is 8.22. The maximum atomic E-state index is 4.77. The highest BCUT2D eigenvalue weighted by Gasteiger charge is 2.10. The first-order chi connectivity index (χ1) is 6.65. The van der Waals surface area contributed by atoms with Gasteiger partial charge in [0.05, 0.1) is 0 Å². The fourth-order valence-corrected chi connectivity index (χ4v) is 1.56. The Hall–Kier alpha value is -0.950. The standard InChI is InChI=1S/C13H16S/c1-10(2)12-7-6-11(3)13(9-12)5-4-8-14/h4-5,7-9,11H,1,6H2,2-3H3/b5-4+. The van der Waals surface area contributed by atoms with Crippen molar-refractivity contribution in [1.29, 1.82) is 0 Å². The quantitative estimate of drug-likeness (QED) is 0.494. The van der Waals surface area contributed by atoms with Gasteiger partial charge in [-0.1, -0.05) is 55.6 Å². The molecule has 14 heavy (non-hydrogen) atoms. The summed E-state index contributed by atoms with van der Waals surface area (Å²) >= 11 is 4.77. The Balaban J connectivity index is 2.90. The van der Waals surface area contributed by atoms with Crippen LogP contribution in [0.4, 0.5) is 0 Å². The van der Waals surface area contributed by atoms with Crippen LogP contribution >= 0.6 is 12.2 Å². The topological polar surface area (TPSA) is 0 Å². The van der Waals surface area contributed by atoms with Crippen molar-refractivity contribution in [3.63, 3.8) is 0 Å². The first-order valence-electron chi connectivity index (χ1n) is 4.84. The van der Waals surface area contributed by atoms with Gasteiger partial charge in [0.15, 0.2) is 0 Å². The largest absolute Gasteiger partial charge is 0.0955 e. The van der Waals surface area contributed by atoms with E-state index in [0.717, 1.165) is 12.0 Å². The molecule has 0 aromatic heterocycles. The summed E-state index contributed by atoms with van der Waals surface area (Å²) in [5.41, 5.74) is 3.73. The van der Waals surface area contributed by atoms with Crippen LogP contribution in [0.15, 0.2) is 47.6 Å². The molecular weight excluding hydrogens is 188 g/mol. The average Bonchev–Trinajstić information content (AvgIpc) is 2.16. The van der Waals surface area contributed by atoms with Crippen molar-refractivity contribution in [2.45, 2.75) is 20.3 Å². The molecule has 0 radical (unpaired) electrons. The van der Waals surface area contributed by atoms with Gasteiger partial charge in [0, 0.05) is 5.37 Å². The van der Waals surface area contributed by atoms with Crippen LogP contribution in [0.5, 0.6) is 0 Å². The Morgan fingerprint density at radius 3 is 2.93 bits per heavy atom. The monoisotopic (exact) mass is 204 g/mol. The number of allylic oxidation sites excluding steroid dienone is 7. The van der Waals surface area contributed by atoms with Gasteiger partial charge < -0.3 is 0 Å². The van der Waals surface area contributed by atoms with E-state index in [4.69, 9.17) is 12.2 Å². The van der Waals surface area contributed by atoms with Crippen LogP contribution in [0.3, 0.4) is 0 Å². The highest BCUT2D eigenvalue weighted by Crippen LogP contribution is 2.27. The van der Waals surface area contributed by atoms with E-state index in [1.165, 1.54) is 11.1 Å². The highest BCUT2D eigenvalue weighted by atomic mass is 32.1. The predicted molar refractivity (Wildman–Crippen MR) is 67.6 cm³/mol. The van der Waals surface area contributed by atoms with E-state index in [2.05, 4.69) is 31.7 Å². The summed E-state index contributed by atoms with van der Waals surface area (Å²) in [5.74, 6) is 0.587. The molecule has 1 aliphatic rings. The van der Waals surface area contributed by atoms with Crippen molar-refractivity contribution in [2.75, 3.05) is 0 Å². The summed E-state index contributed by atoms with van der Waals surface area (Å²) in [4.78, 5) is 0. The molecule has 0 heterocycles. The van der Waals surface area contributed by atoms with Crippen LogP contribution in [-0.2, 0) is 0 Å². The molecule has 1 rings (SSSR count). The van der Waals surface area contributed by atoms with Gasteiger partial charge in [-0.25, -0.2) is 0 Å². The molecule has 1 heteroatoms. The first-order valence-corrected chi connectivity index (χ1v) is 5.31. The van der Waals surface area contributed by atoms with Crippen LogP contribution in [0.2, 0.25) is 0 Å².